The molecule has 0 aliphatic heterocycles. The van der Waals surface area contributed by atoms with E-state index in [9.17, 15) is 4.39 Å². The van der Waals surface area contributed by atoms with E-state index in [0.717, 1.165) is 6.42 Å². The lowest BCUT2D eigenvalue weighted by atomic mass is 9.89. The Hall–Kier alpha value is -0.850. The third-order valence-electron chi connectivity index (χ3n) is 2.31. The van der Waals surface area contributed by atoms with Crippen molar-refractivity contribution in [3.05, 3.63) is 35.6 Å². The second-order valence-corrected chi connectivity index (χ2v) is 5.04. The van der Waals surface area contributed by atoms with E-state index in [1.807, 2.05) is 12.1 Å². The molecule has 0 N–H and O–H groups in total. The molecule has 1 heteroatoms. The molecule has 0 nitrogen and oxygen atoms in total. The van der Waals surface area contributed by atoms with E-state index in [4.69, 9.17) is 0 Å². The van der Waals surface area contributed by atoms with Crippen LogP contribution < -0.4 is 0 Å². The van der Waals surface area contributed by atoms with Crippen LogP contribution in [0.5, 0.6) is 0 Å². The molecule has 0 atom stereocenters. The molecule has 0 aromatic heterocycles. The minimum atomic E-state index is -0.149. The summed E-state index contributed by atoms with van der Waals surface area (Å²) in [7, 11) is 0. The van der Waals surface area contributed by atoms with Gasteiger partial charge in [0.25, 0.3) is 0 Å². The van der Waals surface area contributed by atoms with Crippen LogP contribution in [0.15, 0.2) is 24.3 Å². The molecule has 0 heterocycles. The molecule has 0 fully saturated rings. The Kier molecular flexibility index (Phi) is 3.68. The summed E-state index contributed by atoms with van der Waals surface area (Å²) in [5, 5.41) is 0. The second-order valence-electron chi connectivity index (χ2n) is 5.04. The standard InChI is InChI=1S/C13H19F/c1-13(2,3)10-4-5-11-6-8-12(14)9-7-11/h6-9H,4-5,10H2,1-3H3. The quantitative estimate of drug-likeness (QED) is 0.676. The first-order chi connectivity index (χ1) is 6.47. The first kappa shape index (κ1) is 11.2. The highest BCUT2D eigenvalue weighted by Gasteiger charge is 2.08. The molecule has 0 radical (unpaired) electrons. The second kappa shape index (κ2) is 4.59. The highest BCUT2D eigenvalue weighted by atomic mass is 19.1. The van der Waals surface area contributed by atoms with Gasteiger partial charge in [-0.2, -0.15) is 0 Å². The molecule has 78 valence electrons. The van der Waals surface area contributed by atoms with Gasteiger partial charge in [0.2, 0.25) is 0 Å². The third-order valence-corrected chi connectivity index (χ3v) is 2.31. The van der Waals surface area contributed by atoms with Gasteiger partial charge in [-0.25, -0.2) is 4.39 Å². The zero-order valence-electron chi connectivity index (χ0n) is 9.31. The van der Waals surface area contributed by atoms with E-state index in [-0.39, 0.29) is 5.82 Å². The molecular formula is C13H19F. The maximum Gasteiger partial charge on any atom is 0.123 e. The number of rotatable bonds is 3. The van der Waals surface area contributed by atoms with Crippen molar-refractivity contribution in [3.8, 4) is 0 Å². The molecule has 1 aromatic carbocycles. The lowest BCUT2D eigenvalue weighted by molar-refractivity contribution is 0.365. The normalized spacial score (nSPS) is 11.7. The fraction of sp³-hybridized carbons (Fsp3) is 0.538. The molecule has 1 aromatic rings. The molecule has 0 spiro atoms. The van der Waals surface area contributed by atoms with Gasteiger partial charge in [-0.3, -0.25) is 0 Å². The maximum absolute atomic E-state index is 12.6. The summed E-state index contributed by atoms with van der Waals surface area (Å²) < 4.78 is 12.6. The molecule has 14 heavy (non-hydrogen) atoms. The Morgan fingerprint density at radius 1 is 1.07 bits per heavy atom. The van der Waals surface area contributed by atoms with Gasteiger partial charge >= 0.3 is 0 Å². The van der Waals surface area contributed by atoms with Crippen molar-refractivity contribution in [2.45, 2.75) is 40.0 Å². The Labute approximate surface area is 86.2 Å². The fourth-order valence-electron chi connectivity index (χ4n) is 1.47. The van der Waals surface area contributed by atoms with Gasteiger partial charge in [-0.1, -0.05) is 32.9 Å². The largest absolute Gasteiger partial charge is 0.207 e. The maximum atomic E-state index is 12.6. The van der Waals surface area contributed by atoms with E-state index < -0.39 is 0 Å². The van der Waals surface area contributed by atoms with Crippen molar-refractivity contribution in [2.75, 3.05) is 0 Å². The van der Waals surface area contributed by atoms with Gasteiger partial charge in [0.1, 0.15) is 5.82 Å². The minimum Gasteiger partial charge on any atom is -0.207 e. The summed E-state index contributed by atoms with van der Waals surface area (Å²) in [4.78, 5) is 0. The van der Waals surface area contributed by atoms with Gasteiger partial charge < -0.3 is 0 Å². The van der Waals surface area contributed by atoms with Crippen molar-refractivity contribution in [2.24, 2.45) is 5.41 Å². The van der Waals surface area contributed by atoms with Gasteiger partial charge in [-0.15, -0.1) is 0 Å². The Bertz CT molecular complexity index is 266. The van der Waals surface area contributed by atoms with Crippen LogP contribution in [0.2, 0.25) is 0 Å². The van der Waals surface area contributed by atoms with E-state index in [2.05, 4.69) is 20.8 Å². The molecule has 0 unspecified atom stereocenters. The number of halogens is 1. The Morgan fingerprint density at radius 3 is 2.14 bits per heavy atom. The number of benzene rings is 1. The zero-order valence-corrected chi connectivity index (χ0v) is 9.31. The number of aryl methyl sites for hydroxylation is 1. The van der Waals surface area contributed by atoms with Crippen LogP contribution in [0.4, 0.5) is 4.39 Å². The van der Waals surface area contributed by atoms with Crippen LogP contribution in [-0.2, 0) is 6.42 Å². The van der Waals surface area contributed by atoms with Crippen LogP contribution in [-0.4, -0.2) is 0 Å². The summed E-state index contributed by atoms with van der Waals surface area (Å²) in [6.45, 7) is 6.74. The van der Waals surface area contributed by atoms with Gasteiger partial charge in [0, 0.05) is 0 Å². The van der Waals surface area contributed by atoms with E-state index >= 15 is 0 Å². The monoisotopic (exact) mass is 194 g/mol. The average molecular weight is 194 g/mol. The molecule has 0 aliphatic rings. The molecule has 0 aliphatic carbocycles. The Morgan fingerprint density at radius 2 is 1.64 bits per heavy atom. The average Bonchev–Trinajstić information content (AvgIpc) is 2.06. The van der Waals surface area contributed by atoms with Crippen molar-refractivity contribution < 1.29 is 4.39 Å². The lowest BCUT2D eigenvalue weighted by Gasteiger charge is -2.17. The summed E-state index contributed by atoms with van der Waals surface area (Å²) in [6, 6.07) is 6.81. The fourth-order valence-corrected chi connectivity index (χ4v) is 1.47. The molecule has 0 bridgehead atoms. The smallest absolute Gasteiger partial charge is 0.123 e. The van der Waals surface area contributed by atoms with Crippen molar-refractivity contribution in [1.82, 2.24) is 0 Å². The molecule has 0 saturated carbocycles. The first-order valence-electron chi connectivity index (χ1n) is 5.22. The minimum absolute atomic E-state index is 0.149. The molecule has 0 amide bonds. The highest BCUT2D eigenvalue weighted by Crippen LogP contribution is 2.21. The van der Waals surface area contributed by atoms with Gasteiger partial charge in [-0.05, 0) is 42.4 Å². The zero-order chi connectivity index (χ0) is 10.6. The first-order valence-corrected chi connectivity index (χ1v) is 5.22. The lowest BCUT2D eigenvalue weighted by Crippen LogP contribution is -2.04. The van der Waals surface area contributed by atoms with Crippen LogP contribution in [0, 0.1) is 11.2 Å². The van der Waals surface area contributed by atoms with E-state index in [0.29, 0.717) is 5.41 Å². The van der Waals surface area contributed by atoms with E-state index in [1.165, 1.54) is 30.5 Å². The van der Waals surface area contributed by atoms with Crippen molar-refractivity contribution >= 4 is 0 Å². The Balaban J connectivity index is 2.35. The van der Waals surface area contributed by atoms with Crippen LogP contribution in [0.3, 0.4) is 0 Å². The topological polar surface area (TPSA) is 0 Å². The predicted octanol–water partition coefficient (Wildman–Crippen LogP) is 4.19. The molecule has 1 rings (SSSR count). The third kappa shape index (κ3) is 4.40. The van der Waals surface area contributed by atoms with Crippen molar-refractivity contribution in [1.29, 1.82) is 0 Å². The van der Waals surface area contributed by atoms with Crippen molar-refractivity contribution in [3.63, 3.8) is 0 Å². The van der Waals surface area contributed by atoms with Gasteiger partial charge in [0.15, 0.2) is 0 Å². The SMILES string of the molecule is CC(C)(C)CCCc1ccc(F)cc1. The van der Waals surface area contributed by atoms with Gasteiger partial charge in [0.05, 0.1) is 0 Å². The molecular weight excluding hydrogens is 175 g/mol. The predicted molar refractivity (Wildman–Crippen MR) is 58.8 cm³/mol. The van der Waals surface area contributed by atoms with Crippen LogP contribution in [0.1, 0.15) is 39.2 Å². The number of hydrogen-bond acceptors (Lipinski definition) is 0. The summed E-state index contributed by atoms with van der Waals surface area (Å²) in [5.41, 5.74) is 1.63. The highest BCUT2D eigenvalue weighted by molar-refractivity contribution is 5.15. The summed E-state index contributed by atoms with van der Waals surface area (Å²) in [6.07, 6.45) is 3.44. The summed E-state index contributed by atoms with van der Waals surface area (Å²) in [5.74, 6) is -0.149. The van der Waals surface area contributed by atoms with E-state index in [1.54, 1.807) is 0 Å². The van der Waals surface area contributed by atoms with Crippen LogP contribution in [0.25, 0.3) is 0 Å². The molecule has 0 saturated heterocycles. The van der Waals surface area contributed by atoms with Crippen LogP contribution >= 0.6 is 0 Å². The summed E-state index contributed by atoms with van der Waals surface area (Å²) >= 11 is 0. The number of hydrogen-bond donors (Lipinski definition) is 0.